The molecule has 20 heavy (non-hydrogen) atoms. The van der Waals surface area contributed by atoms with Crippen LogP contribution in [0.25, 0.3) is 0 Å². The fourth-order valence-corrected chi connectivity index (χ4v) is 1.83. The van der Waals surface area contributed by atoms with Crippen molar-refractivity contribution < 1.29 is 23.7 Å². The largest absolute Gasteiger partial charge is 0.490 e. The maximum Gasteiger partial charge on any atom is 0.330 e. The number of rotatable bonds is 6. The van der Waals surface area contributed by atoms with E-state index in [4.69, 9.17) is 18.9 Å². The Bertz CT molecular complexity index is 451. The van der Waals surface area contributed by atoms with E-state index in [1.54, 1.807) is 0 Å². The second-order valence-corrected chi connectivity index (χ2v) is 4.18. The van der Waals surface area contributed by atoms with Crippen LogP contribution in [-0.4, -0.2) is 32.4 Å². The van der Waals surface area contributed by atoms with E-state index in [9.17, 15) is 4.79 Å². The molecule has 1 heterocycles. The standard InChI is InChI=1S/C15H18O5/c1-2-14(16)18-11-10-17-13-7-4-3-6-12(13)15-19-8-5-9-20-15/h2-4,6-7,15H,1,5,8-11H2. The molecular weight excluding hydrogens is 260 g/mol. The Morgan fingerprint density at radius 2 is 2.05 bits per heavy atom. The van der Waals surface area contributed by atoms with Gasteiger partial charge >= 0.3 is 5.97 Å². The minimum atomic E-state index is -0.458. The van der Waals surface area contributed by atoms with Gasteiger partial charge in [0.25, 0.3) is 0 Å². The van der Waals surface area contributed by atoms with E-state index in [-0.39, 0.29) is 13.2 Å². The zero-order chi connectivity index (χ0) is 14.2. The molecule has 0 aromatic heterocycles. The van der Waals surface area contributed by atoms with E-state index in [1.807, 2.05) is 24.3 Å². The van der Waals surface area contributed by atoms with Crippen LogP contribution in [-0.2, 0) is 19.0 Å². The van der Waals surface area contributed by atoms with Gasteiger partial charge in [-0.1, -0.05) is 24.8 Å². The lowest BCUT2D eigenvalue weighted by atomic mass is 10.2. The van der Waals surface area contributed by atoms with Gasteiger partial charge in [-0.15, -0.1) is 0 Å². The normalized spacial score (nSPS) is 15.6. The van der Waals surface area contributed by atoms with Crippen LogP contribution in [0.2, 0.25) is 0 Å². The Kier molecular flexibility index (Phi) is 5.58. The van der Waals surface area contributed by atoms with Gasteiger partial charge in [0.15, 0.2) is 6.29 Å². The summed E-state index contributed by atoms with van der Waals surface area (Å²) in [6, 6.07) is 7.52. The van der Waals surface area contributed by atoms with E-state index >= 15 is 0 Å². The molecule has 2 rings (SSSR count). The molecule has 0 N–H and O–H groups in total. The zero-order valence-corrected chi connectivity index (χ0v) is 11.2. The summed E-state index contributed by atoms with van der Waals surface area (Å²) in [5.74, 6) is 0.217. The minimum absolute atomic E-state index is 0.172. The summed E-state index contributed by atoms with van der Waals surface area (Å²) in [5.41, 5.74) is 0.849. The summed E-state index contributed by atoms with van der Waals surface area (Å²) in [5, 5.41) is 0. The Balaban J connectivity index is 1.90. The van der Waals surface area contributed by atoms with Gasteiger partial charge in [-0.2, -0.15) is 0 Å². The molecule has 0 radical (unpaired) electrons. The van der Waals surface area contributed by atoms with Crippen molar-refractivity contribution in [2.75, 3.05) is 26.4 Å². The molecule has 1 saturated heterocycles. The minimum Gasteiger partial charge on any atom is -0.490 e. The molecule has 0 saturated carbocycles. The predicted molar refractivity (Wildman–Crippen MR) is 72.4 cm³/mol. The molecule has 0 aliphatic carbocycles. The molecule has 108 valence electrons. The third kappa shape index (κ3) is 4.08. The molecule has 5 heteroatoms. The highest BCUT2D eigenvalue weighted by atomic mass is 16.7. The Morgan fingerprint density at radius 3 is 2.80 bits per heavy atom. The highest BCUT2D eigenvalue weighted by molar-refractivity contribution is 5.81. The van der Waals surface area contributed by atoms with E-state index < -0.39 is 12.3 Å². The van der Waals surface area contributed by atoms with E-state index in [2.05, 4.69) is 6.58 Å². The van der Waals surface area contributed by atoms with Crippen molar-refractivity contribution in [2.24, 2.45) is 0 Å². The smallest absolute Gasteiger partial charge is 0.330 e. The molecule has 1 aromatic carbocycles. The second kappa shape index (κ2) is 7.67. The number of hydrogen-bond acceptors (Lipinski definition) is 5. The summed E-state index contributed by atoms with van der Waals surface area (Å²) < 4.78 is 21.6. The number of benzene rings is 1. The van der Waals surface area contributed by atoms with Crippen molar-refractivity contribution in [2.45, 2.75) is 12.7 Å². The van der Waals surface area contributed by atoms with Crippen molar-refractivity contribution in [1.82, 2.24) is 0 Å². The van der Waals surface area contributed by atoms with Gasteiger partial charge in [0.05, 0.1) is 13.2 Å². The van der Waals surface area contributed by atoms with Gasteiger partial charge in [0, 0.05) is 11.6 Å². The average Bonchev–Trinajstić information content (AvgIpc) is 2.52. The molecule has 0 unspecified atom stereocenters. The van der Waals surface area contributed by atoms with E-state index in [0.29, 0.717) is 19.0 Å². The maximum atomic E-state index is 10.9. The van der Waals surface area contributed by atoms with E-state index in [0.717, 1.165) is 18.1 Å². The highest BCUT2D eigenvalue weighted by Gasteiger charge is 2.20. The summed E-state index contributed by atoms with van der Waals surface area (Å²) >= 11 is 0. The fraction of sp³-hybridized carbons (Fsp3) is 0.400. The Morgan fingerprint density at radius 1 is 1.30 bits per heavy atom. The average molecular weight is 278 g/mol. The van der Waals surface area contributed by atoms with Gasteiger partial charge in [0.1, 0.15) is 19.0 Å². The van der Waals surface area contributed by atoms with Crippen LogP contribution in [0, 0.1) is 0 Å². The van der Waals surface area contributed by atoms with Crippen LogP contribution in [0.5, 0.6) is 5.75 Å². The molecule has 0 amide bonds. The molecule has 0 spiro atoms. The van der Waals surface area contributed by atoms with Crippen LogP contribution in [0.4, 0.5) is 0 Å². The second-order valence-electron chi connectivity index (χ2n) is 4.18. The molecule has 5 nitrogen and oxygen atoms in total. The summed E-state index contributed by atoms with van der Waals surface area (Å²) in [6.07, 6.45) is 1.63. The lowest BCUT2D eigenvalue weighted by molar-refractivity contribution is -0.183. The molecule has 0 atom stereocenters. The summed E-state index contributed by atoms with van der Waals surface area (Å²) in [4.78, 5) is 10.9. The number of esters is 1. The van der Waals surface area contributed by atoms with Crippen molar-refractivity contribution in [3.8, 4) is 5.75 Å². The van der Waals surface area contributed by atoms with E-state index in [1.165, 1.54) is 0 Å². The van der Waals surface area contributed by atoms with Gasteiger partial charge in [-0.05, 0) is 12.5 Å². The number of hydrogen-bond donors (Lipinski definition) is 0. The highest BCUT2D eigenvalue weighted by Crippen LogP contribution is 2.30. The molecule has 1 aliphatic heterocycles. The van der Waals surface area contributed by atoms with Crippen LogP contribution < -0.4 is 4.74 Å². The first-order valence-corrected chi connectivity index (χ1v) is 6.55. The number of para-hydroxylation sites is 1. The van der Waals surface area contributed by atoms with Crippen LogP contribution in [0.1, 0.15) is 18.3 Å². The molecule has 0 bridgehead atoms. The molecule has 1 fully saturated rings. The topological polar surface area (TPSA) is 54.0 Å². The lowest BCUT2D eigenvalue weighted by Gasteiger charge is -2.25. The van der Waals surface area contributed by atoms with Crippen molar-refractivity contribution >= 4 is 5.97 Å². The van der Waals surface area contributed by atoms with Crippen LogP contribution in [0.15, 0.2) is 36.9 Å². The first kappa shape index (κ1) is 14.6. The molecule has 1 aliphatic rings. The predicted octanol–water partition coefficient (Wildman–Crippen LogP) is 2.23. The van der Waals surface area contributed by atoms with Crippen molar-refractivity contribution in [3.63, 3.8) is 0 Å². The number of ether oxygens (including phenoxy) is 4. The quantitative estimate of drug-likeness (QED) is 0.454. The van der Waals surface area contributed by atoms with Crippen LogP contribution >= 0.6 is 0 Å². The third-order valence-corrected chi connectivity index (χ3v) is 2.75. The summed E-state index contributed by atoms with van der Waals surface area (Å²) in [7, 11) is 0. The van der Waals surface area contributed by atoms with Gasteiger partial charge < -0.3 is 18.9 Å². The third-order valence-electron chi connectivity index (χ3n) is 2.75. The Hall–Kier alpha value is -1.85. The maximum absolute atomic E-state index is 10.9. The van der Waals surface area contributed by atoms with Crippen LogP contribution in [0.3, 0.4) is 0 Å². The van der Waals surface area contributed by atoms with Gasteiger partial charge in [-0.3, -0.25) is 0 Å². The zero-order valence-electron chi connectivity index (χ0n) is 11.2. The number of carbonyl (C=O) groups excluding carboxylic acids is 1. The van der Waals surface area contributed by atoms with Gasteiger partial charge in [0.2, 0.25) is 0 Å². The van der Waals surface area contributed by atoms with Crippen molar-refractivity contribution in [3.05, 3.63) is 42.5 Å². The fourth-order valence-electron chi connectivity index (χ4n) is 1.83. The number of carbonyl (C=O) groups is 1. The Labute approximate surface area is 118 Å². The van der Waals surface area contributed by atoms with Crippen molar-refractivity contribution in [1.29, 1.82) is 0 Å². The monoisotopic (exact) mass is 278 g/mol. The molecule has 1 aromatic rings. The first-order chi connectivity index (χ1) is 9.81. The summed E-state index contributed by atoms with van der Waals surface area (Å²) in [6.45, 7) is 5.12. The SMILES string of the molecule is C=CC(=O)OCCOc1ccccc1C1OCCCO1. The van der Waals surface area contributed by atoms with Gasteiger partial charge in [-0.25, -0.2) is 4.79 Å². The lowest BCUT2D eigenvalue weighted by Crippen LogP contribution is -2.19. The first-order valence-electron chi connectivity index (χ1n) is 6.55. The molecular formula is C15H18O5.